The minimum Gasteiger partial charge on any atom is -0.320 e. The van der Waals surface area contributed by atoms with Gasteiger partial charge in [-0.25, -0.2) is 0 Å². The van der Waals surface area contributed by atoms with Crippen molar-refractivity contribution in [3.05, 3.63) is 0 Å². The SMILES string of the molecule is O=P(O)(O)C([NH+](C1CCCCC1)C1CCCCC1)P(=O)(O)O. The van der Waals surface area contributed by atoms with E-state index in [1.54, 1.807) is 0 Å². The van der Waals surface area contributed by atoms with Gasteiger partial charge in [0.05, 0.1) is 12.1 Å². The molecule has 2 saturated carbocycles. The van der Waals surface area contributed by atoms with Gasteiger partial charge in [0.15, 0.2) is 0 Å². The molecule has 0 amide bonds. The molecule has 0 spiro atoms. The van der Waals surface area contributed by atoms with E-state index < -0.39 is 20.7 Å². The van der Waals surface area contributed by atoms with Crippen LogP contribution < -0.4 is 4.90 Å². The minimum absolute atomic E-state index is 0.0536. The molecule has 9 heteroatoms. The first kappa shape index (κ1) is 18.6. The van der Waals surface area contributed by atoms with Gasteiger partial charge in [0.25, 0.3) is 5.52 Å². The molecule has 2 fully saturated rings. The Labute approximate surface area is 131 Å². The zero-order chi connectivity index (χ0) is 16.4. The largest absolute Gasteiger partial charge is 0.395 e. The first-order chi connectivity index (χ1) is 10.2. The molecule has 0 aliphatic heterocycles. The highest BCUT2D eigenvalue weighted by Gasteiger charge is 2.55. The van der Waals surface area contributed by atoms with E-state index in [0.717, 1.165) is 64.2 Å². The van der Waals surface area contributed by atoms with Gasteiger partial charge in [0.2, 0.25) is 0 Å². The molecule has 22 heavy (non-hydrogen) atoms. The van der Waals surface area contributed by atoms with Crippen molar-refractivity contribution in [2.75, 3.05) is 0 Å². The van der Waals surface area contributed by atoms with Gasteiger partial charge >= 0.3 is 15.2 Å². The third kappa shape index (κ3) is 4.64. The van der Waals surface area contributed by atoms with Crippen molar-refractivity contribution in [1.82, 2.24) is 0 Å². The van der Waals surface area contributed by atoms with E-state index in [-0.39, 0.29) is 12.1 Å². The van der Waals surface area contributed by atoms with Crippen LogP contribution in [0.25, 0.3) is 0 Å². The van der Waals surface area contributed by atoms with Crippen LogP contribution in [0.5, 0.6) is 0 Å². The predicted octanol–water partition coefficient (Wildman–Crippen LogP) is 1.18. The van der Waals surface area contributed by atoms with Crippen LogP contribution in [0, 0.1) is 0 Å². The minimum atomic E-state index is -4.89. The molecule has 130 valence electrons. The van der Waals surface area contributed by atoms with E-state index in [2.05, 4.69) is 0 Å². The van der Waals surface area contributed by atoms with Gasteiger partial charge in [-0.05, 0) is 51.4 Å². The van der Waals surface area contributed by atoms with E-state index in [4.69, 9.17) is 0 Å². The van der Waals surface area contributed by atoms with Gasteiger partial charge in [0.1, 0.15) is 0 Å². The summed E-state index contributed by atoms with van der Waals surface area (Å²) in [6.45, 7) is 0. The van der Waals surface area contributed by atoms with Crippen molar-refractivity contribution in [2.45, 2.75) is 81.8 Å². The van der Waals surface area contributed by atoms with Crippen LogP contribution in [0.4, 0.5) is 0 Å². The third-order valence-corrected chi connectivity index (χ3v) is 8.76. The number of hydrogen-bond donors (Lipinski definition) is 5. The van der Waals surface area contributed by atoms with Gasteiger partial charge in [-0.15, -0.1) is 0 Å². The average molecular weight is 356 g/mol. The van der Waals surface area contributed by atoms with E-state index in [0.29, 0.717) is 4.90 Å². The molecular formula is C13H28NO6P2+. The first-order valence-corrected chi connectivity index (χ1v) is 11.5. The van der Waals surface area contributed by atoms with Crippen LogP contribution in [-0.4, -0.2) is 37.2 Å². The number of rotatable bonds is 5. The van der Waals surface area contributed by atoms with Crippen molar-refractivity contribution >= 4 is 15.2 Å². The second-order valence-corrected chi connectivity index (χ2v) is 10.5. The molecular weight excluding hydrogens is 328 g/mol. The first-order valence-electron chi connectivity index (χ1n) is 8.18. The lowest BCUT2D eigenvalue weighted by molar-refractivity contribution is -0.953. The Kier molecular flexibility index (Phi) is 6.28. The van der Waals surface area contributed by atoms with Crippen molar-refractivity contribution in [3.63, 3.8) is 0 Å². The van der Waals surface area contributed by atoms with Crippen molar-refractivity contribution in [2.24, 2.45) is 0 Å². The van der Waals surface area contributed by atoms with Gasteiger partial charge in [0, 0.05) is 0 Å². The molecule has 2 aliphatic rings. The maximum Gasteiger partial charge on any atom is 0.395 e. The van der Waals surface area contributed by atoms with Gasteiger partial charge in [-0.1, -0.05) is 12.8 Å². The molecule has 0 aromatic rings. The maximum absolute atomic E-state index is 11.9. The normalized spacial score (nSPS) is 23.4. The maximum atomic E-state index is 11.9. The van der Waals surface area contributed by atoms with Crippen molar-refractivity contribution < 1.29 is 33.6 Å². The van der Waals surface area contributed by atoms with E-state index in [9.17, 15) is 28.7 Å². The standard InChI is InChI=1S/C13H27NO6P2/c15-21(16,17)13(22(18,19)20)14(11-7-3-1-4-8-11)12-9-5-2-6-10-12/h11-13H,1-10H2,(H2,15,16,17)(H2,18,19,20)/p+1. The predicted molar refractivity (Wildman–Crippen MR) is 82.6 cm³/mol. The Morgan fingerprint density at radius 2 is 1.00 bits per heavy atom. The lowest BCUT2D eigenvalue weighted by atomic mass is 9.89. The monoisotopic (exact) mass is 356 g/mol. The fourth-order valence-corrected chi connectivity index (χ4v) is 7.40. The zero-order valence-corrected chi connectivity index (χ0v) is 14.6. The molecule has 0 atom stereocenters. The average Bonchev–Trinajstić information content (AvgIpc) is 2.44. The molecule has 5 N–H and O–H groups in total. The molecule has 0 aromatic carbocycles. The lowest BCUT2D eigenvalue weighted by Gasteiger charge is -2.42. The molecule has 0 saturated heterocycles. The number of quaternary nitrogens is 1. The second kappa shape index (κ2) is 7.43. The zero-order valence-electron chi connectivity index (χ0n) is 12.8. The third-order valence-electron chi connectivity index (χ3n) is 5.09. The van der Waals surface area contributed by atoms with Gasteiger partial charge in [-0.3, -0.25) is 9.13 Å². The molecule has 2 aliphatic carbocycles. The van der Waals surface area contributed by atoms with E-state index >= 15 is 0 Å². The molecule has 0 bridgehead atoms. The fourth-order valence-electron chi connectivity index (χ4n) is 4.21. The van der Waals surface area contributed by atoms with E-state index in [1.807, 2.05) is 0 Å². The Balaban J connectivity index is 2.35. The summed E-state index contributed by atoms with van der Waals surface area (Å²) in [6.07, 6.45) is 9.23. The Morgan fingerprint density at radius 3 is 1.27 bits per heavy atom. The number of hydrogen-bond acceptors (Lipinski definition) is 2. The van der Waals surface area contributed by atoms with Crippen LogP contribution in [-0.2, 0) is 9.13 Å². The molecule has 0 aromatic heterocycles. The molecule has 7 nitrogen and oxygen atoms in total. The highest BCUT2D eigenvalue weighted by molar-refractivity contribution is 7.70. The fraction of sp³-hybridized carbons (Fsp3) is 1.00. The Hall–Kier alpha value is 0.260. The van der Waals surface area contributed by atoms with Gasteiger partial charge in [-0.2, -0.15) is 0 Å². The lowest BCUT2D eigenvalue weighted by Crippen LogP contribution is -3.22. The van der Waals surface area contributed by atoms with Crippen LogP contribution in [0.3, 0.4) is 0 Å². The molecule has 0 radical (unpaired) electrons. The summed E-state index contributed by atoms with van der Waals surface area (Å²) >= 11 is 0. The van der Waals surface area contributed by atoms with E-state index in [1.165, 1.54) is 0 Å². The smallest absolute Gasteiger partial charge is 0.320 e. The summed E-state index contributed by atoms with van der Waals surface area (Å²) in [5.41, 5.74) is -1.90. The topological polar surface area (TPSA) is 120 Å². The summed E-state index contributed by atoms with van der Waals surface area (Å²) in [6, 6.07) is -0.107. The van der Waals surface area contributed by atoms with Crippen LogP contribution >= 0.6 is 15.2 Å². The summed E-state index contributed by atoms with van der Waals surface area (Å²) in [5, 5.41) is 0. The Morgan fingerprint density at radius 1 is 0.682 bits per heavy atom. The second-order valence-electron chi connectivity index (χ2n) is 6.72. The highest BCUT2D eigenvalue weighted by atomic mass is 31.2. The molecule has 0 unspecified atom stereocenters. The van der Waals surface area contributed by atoms with Crippen LogP contribution in [0.15, 0.2) is 0 Å². The summed E-state index contributed by atoms with van der Waals surface area (Å²) in [7, 11) is -9.77. The van der Waals surface area contributed by atoms with Crippen LogP contribution in [0.2, 0.25) is 0 Å². The van der Waals surface area contributed by atoms with Crippen molar-refractivity contribution in [1.29, 1.82) is 0 Å². The Bertz CT molecular complexity index is 409. The summed E-state index contributed by atoms with van der Waals surface area (Å²) < 4.78 is 23.8. The van der Waals surface area contributed by atoms with Gasteiger partial charge < -0.3 is 24.5 Å². The van der Waals surface area contributed by atoms with Crippen molar-refractivity contribution in [3.8, 4) is 0 Å². The summed E-state index contributed by atoms with van der Waals surface area (Å²) in [5.74, 6) is 0. The number of nitrogens with one attached hydrogen (secondary N) is 1. The highest BCUT2D eigenvalue weighted by Crippen LogP contribution is 2.57. The molecule has 0 heterocycles. The quantitative estimate of drug-likeness (QED) is 0.472. The van der Waals surface area contributed by atoms with Crippen LogP contribution in [0.1, 0.15) is 64.2 Å². The summed E-state index contributed by atoms with van der Waals surface area (Å²) in [4.78, 5) is 39.1. The molecule has 2 rings (SSSR count).